The molecule has 140 valence electrons. The number of nitrogens with zero attached hydrogens (tertiary/aromatic N) is 3. The third-order valence-corrected chi connectivity index (χ3v) is 5.81. The fraction of sp³-hybridized carbons (Fsp3) is 0.381. The number of thiazole rings is 1. The first-order chi connectivity index (χ1) is 13.3. The molecule has 0 bridgehead atoms. The highest BCUT2D eigenvalue weighted by atomic mass is 32.1. The fourth-order valence-electron chi connectivity index (χ4n) is 3.46. The van der Waals surface area contributed by atoms with Crippen molar-refractivity contribution in [1.29, 1.82) is 0 Å². The second-order valence-electron chi connectivity index (χ2n) is 7.01. The van der Waals surface area contributed by atoms with E-state index < -0.39 is 0 Å². The van der Waals surface area contributed by atoms with Gasteiger partial charge in [-0.25, -0.2) is 19.3 Å². The Morgan fingerprint density at radius 2 is 1.93 bits per heavy atom. The molecule has 0 radical (unpaired) electrons. The summed E-state index contributed by atoms with van der Waals surface area (Å²) < 4.78 is 20.2. The number of aromatic nitrogens is 3. The molecule has 1 saturated carbocycles. The van der Waals surface area contributed by atoms with E-state index in [1.54, 1.807) is 35.9 Å². The molecule has 0 N–H and O–H groups in total. The molecule has 1 aliphatic rings. The molecule has 4 nitrogen and oxygen atoms in total. The van der Waals surface area contributed by atoms with Crippen LogP contribution in [0.5, 0.6) is 5.75 Å². The third-order valence-electron chi connectivity index (χ3n) is 4.96. The molecule has 4 rings (SSSR count). The van der Waals surface area contributed by atoms with E-state index in [0.717, 1.165) is 21.8 Å². The van der Waals surface area contributed by atoms with Crippen LogP contribution >= 0.6 is 11.3 Å². The molecule has 1 fully saturated rings. The molecule has 0 atom stereocenters. The normalized spacial score (nSPS) is 15.0. The molecule has 6 heteroatoms. The summed E-state index contributed by atoms with van der Waals surface area (Å²) >= 11 is 1.56. The fourth-order valence-corrected chi connectivity index (χ4v) is 4.30. The predicted octanol–water partition coefficient (Wildman–Crippen LogP) is 5.29. The Morgan fingerprint density at radius 3 is 2.70 bits per heavy atom. The Balaban J connectivity index is 1.38. The van der Waals surface area contributed by atoms with Crippen molar-refractivity contribution in [1.82, 2.24) is 15.0 Å². The number of hydrogen-bond donors (Lipinski definition) is 0. The molecule has 27 heavy (non-hydrogen) atoms. The zero-order chi connectivity index (χ0) is 18.5. The Morgan fingerprint density at radius 1 is 1.11 bits per heavy atom. The quantitative estimate of drug-likeness (QED) is 0.580. The summed E-state index contributed by atoms with van der Waals surface area (Å²) in [5.74, 6) is 0.621. The van der Waals surface area contributed by atoms with E-state index in [9.17, 15) is 4.39 Å². The lowest BCUT2D eigenvalue weighted by atomic mass is 9.90. The molecule has 1 aromatic carbocycles. The molecule has 0 saturated heterocycles. The lowest BCUT2D eigenvalue weighted by molar-refractivity contribution is 0.202. The zero-order valence-corrected chi connectivity index (χ0v) is 15.9. The summed E-state index contributed by atoms with van der Waals surface area (Å²) in [6, 6.07) is 5.22. The van der Waals surface area contributed by atoms with Gasteiger partial charge >= 0.3 is 0 Å². The first-order valence-electron chi connectivity index (χ1n) is 9.39. The zero-order valence-electron chi connectivity index (χ0n) is 15.1. The van der Waals surface area contributed by atoms with E-state index in [-0.39, 0.29) is 5.82 Å². The van der Waals surface area contributed by atoms with Crippen LogP contribution in [0.2, 0.25) is 0 Å². The van der Waals surface area contributed by atoms with Crippen LogP contribution in [0.15, 0.2) is 42.3 Å². The maximum absolute atomic E-state index is 14.4. The van der Waals surface area contributed by atoms with Gasteiger partial charge in [-0.3, -0.25) is 0 Å². The van der Waals surface area contributed by atoms with E-state index in [4.69, 9.17) is 4.74 Å². The summed E-state index contributed by atoms with van der Waals surface area (Å²) in [5, 5.41) is 2.91. The van der Waals surface area contributed by atoms with Gasteiger partial charge in [-0.05, 0) is 36.5 Å². The van der Waals surface area contributed by atoms with Gasteiger partial charge in [0.25, 0.3) is 0 Å². The van der Waals surface area contributed by atoms with Crippen LogP contribution in [0, 0.1) is 11.7 Å². The minimum atomic E-state index is -0.295. The van der Waals surface area contributed by atoms with Crippen molar-refractivity contribution in [3.05, 3.63) is 58.7 Å². The van der Waals surface area contributed by atoms with Gasteiger partial charge < -0.3 is 4.74 Å². The predicted molar refractivity (Wildman–Crippen MR) is 104 cm³/mol. The lowest BCUT2D eigenvalue weighted by Gasteiger charge is -2.21. The molecular formula is C21H22FN3OS. The molecule has 1 aliphatic carbocycles. The van der Waals surface area contributed by atoms with E-state index in [1.807, 2.05) is 11.4 Å². The van der Waals surface area contributed by atoms with Gasteiger partial charge in [-0.2, -0.15) is 0 Å². The minimum Gasteiger partial charge on any atom is -0.490 e. The first kappa shape index (κ1) is 18.0. The van der Waals surface area contributed by atoms with Gasteiger partial charge in [0.1, 0.15) is 6.33 Å². The van der Waals surface area contributed by atoms with Crippen molar-refractivity contribution in [2.75, 3.05) is 6.61 Å². The topological polar surface area (TPSA) is 47.9 Å². The Kier molecular flexibility index (Phi) is 5.72. The van der Waals surface area contributed by atoms with Crippen molar-refractivity contribution >= 4 is 11.3 Å². The summed E-state index contributed by atoms with van der Waals surface area (Å²) in [4.78, 5) is 12.6. The lowest BCUT2D eigenvalue weighted by Crippen LogP contribution is -2.15. The van der Waals surface area contributed by atoms with Crippen molar-refractivity contribution in [2.24, 2.45) is 5.92 Å². The van der Waals surface area contributed by atoms with Crippen LogP contribution in [0.3, 0.4) is 0 Å². The minimum absolute atomic E-state index is 0.295. The number of benzene rings is 1. The third kappa shape index (κ3) is 4.69. The summed E-state index contributed by atoms with van der Waals surface area (Å²) in [6.45, 7) is 0.616. The van der Waals surface area contributed by atoms with Crippen LogP contribution in [-0.2, 0) is 6.42 Å². The maximum Gasteiger partial charge on any atom is 0.165 e. The maximum atomic E-state index is 14.4. The van der Waals surface area contributed by atoms with Crippen LogP contribution in [0.1, 0.15) is 42.7 Å². The van der Waals surface area contributed by atoms with E-state index in [1.165, 1.54) is 38.4 Å². The van der Waals surface area contributed by atoms with Crippen molar-refractivity contribution in [3.8, 4) is 17.0 Å². The van der Waals surface area contributed by atoms with Gasteiger partial charge in [0.2, 0.25) is 0 Å². The monoisotopic (exact) mass is 383 g/mol. The number of hydrogen-bond acceptors (Lipinski definition) is 5. The van der Waals surface area contributed by atoms with Gasteiger partial charge in [0.15, 0.2) is 11.6 Å². The summed E-state index contributed by atoms with van der Waals surface area (Å²) in [6.07, 6.45) is 11.8. The van der Waals surface area contributed by atoms with E-state index >= 15 is 0 Å². The Labute approximate surface area is 162 Å². The molecule has 0 unspecified atom stereocenters. The summed E-state index contributed by atoms with van der Waals surface area (Å²) in [7, 11) is 0. The molecule has 0 aliphatic heterocycles. The average Bonchev–Trinajstić information content (AvgIpc) is 3.17. The van der Waals surface area contributed by atoms with Gasteiger partial charge in [0, 0.05) is 29.8 Å². The van der Waals surface area contributed by atoms with Crippen molar-refractivity contribution < 1.29 is 9.13 Å². The van der Waals surface area contributed by atoms with Gasteiger partial charge in [0.05, 0.1) is 17.3 Å². The molecule has 0 amide bonds. The number of halogens is 1. The van der Waals surface area contributed by atoms with Crippen molar-refractivity contribution in [2.45, 2.75) is 38.5 Å². The Hall–Kier alpha value is -2.34. The van der Waals surface area contributed by atoms with Crippen LogP contribution in [-0.4, -0.2) is 21.6 Å². The van der Waals surface area contributed by atoms with Gasteiger partial charge in [-0.1, -0.05) is 25.3 Å². The Bertz CT molecular complexity index is 878. The highest BCUT2D eigenvalue weighted by molar-refractivity contribution is 7.10. The van der Waals surface area contributed by atoms with Crippen LogP contribution < -0.4 is 4.74 Å². The molecule has 3 aromatic rings. The number of ether oxygens (including phenoxy) is 1. The number of rotatable bonds is 6. The first-order valence-corrected chi connectivity index (χ1v) is 10.3. The highest BCUT2D eigenvalue weighted by Gasteiger charge is 2.15. The van der Waals surface area contributed by atoms with Gasteiger partial charge in [-0.15, -0.1) is 11.3 Å². The second kappa shape index (κ2) is 8.57. The standard InChI is InChI=1S/C21H22FN3OS/c22-18-8-16(6-7-20(18)26-12-15-4-2-1-3-5-15)9-21-25-19(13-27-21)17-10-23-14-24-11-17/h6-8,10-11,13-15H,1-5,9,12H2. The van der Waals surface area contributed by atoms with Crippen molar-refractivity contribution in [3.63, 3.8) is 0 Å². The highest BCUT2D eigenvalue weighted by Crippen LogP contribution is 2.27. The molecule has 2 aromatic heterocycles. The molecular weight excluding hydrogens is 361 g/mol. The average molecular weight is 383 g/mol. The smallest absolute Gasteiger partial charge is 0.165 e. The van der Waals surface area contributed by atoms with Crippen LogP contribution in [0.4, 0.5) is 4.39 Å². The molecule has 0 spiro atoms. The second-order valence-corrected chi connectivity index (χ2v) is 7.95. The summed E-state index contributed by atoms with van der Waals surface area (Å²) in [5.41, 5.74) is 2.63. The van der Waals surface area contributed by atoms with Crippen LogP contribution in [0.25, 0.3) is 11.3 Å². The SMILES string of the molecule is Fc1cc(Cc2nc(-c3cncnc3)cs2)ccc1OCC1CCCCC1. The van der Waals surface area contributed by atoms with E-state index in [0.29, 0.717) is 24.7 Å². The molecule has 2 heterocycles. The largest absolute Gasteiger partial charge is 0.490 e. The van der Waals surface area contributed by atoms with E-state index in [2.05, 4.69) is 15.0 Å².